The number of aliphatic hydroxyl groups excluding tert-OH is 1. The van der Waals surface area contributed by atoms with E-state index in [1.165, 1.54) is 0 Å². The van der Waals surface area contributed by atoms with E-state index in [0.29, 0.717) is 23.4 Å². The molecule has 0 radical (unpaired) electrons. The molecule has 2 rings (SSSR count). The highest BCUT2D eigenvalue weighted by Crippen LogP contribution is 2.19. The molecule has 2 aromatic rings. The third kappa shape index (κ3) is 4.28. The number of hydrogen-bond acceptors (Lipinski definition) is 4. The first-order chi connectivity index (χ1) is 11.5. The average Bonchev–Trinajstić information content (AvgIpc) is 2.61. The molecule has 2 aromatic carbocycles. The molecule has 5 nitrogen and oxygen atoms in total. The van der Waals surface area contributed by atoms with Crippen molar-refractivity contribution < 1.29 is 14.7 Å². The molecule has 1 amide bonds. The molecule has 0 heterocycles. The van der Waals surface area contributed by atoms with Crippen LogP contribution in [0, 0.1) is 0 Å². The summed E-state index contributed by atoms with van der Waals surface area (Å²) in [6.45, 7) is 2.14. The first-order valence-electron chi connectivity index (χ1n) is 7.85. The molecular weight excluding hydrogens is 304 g/mol. The summed E-state index contributed by atoms with van der Waals surface area (Å²) >= 11 is 0. The molecule has 0 spiro atoms. The van der Waals surface area contributed by atoms with Crippen molar-refractivity contribution in [2.45, 2.75) is 13.0 Å². The number of hydrogen-bond donors (Lipinski definition) is 2. The Bertz CT molecular complexity index is 701. The molecule has 0 fully saturated rings. The molecule has 24 heavy (non-hydrogen) atoms. The van der Waals surface area contributed by atoms with Gasteiger partial charge in [0.25, 0.3) is 0 Å². The highest BCUT2D eigenvalue weighted by atomic mass is 16.3. The van der Waals surface area contributed by atoms with Crippen molar-refractivity contribution in [1.29, 1.82) is 0 Å². The molecule has 1 unspecified atom stereocenters. The van der Waals surface area contributed by atoms with Gasteiger partial charge in [-0.2, -0.15) is 0 Å². The van der Waals surface area contributed by atoms with Crippen molar-refractivity contribution in [3.63, 3.8) is 0 Å². The van der Waals surface area contributed by atoms with E-state index in [1.54, 1.807) is 67.4 Å². The lowest BCUT2D eigenvalue weighted by molar-refractivity contribution is -0.120. The summed E-state index contributed by atoms with van der Waals surface area (Å²) in [4.78, 5) is 26.8. The standard InChI is InChI=1S/C19H22N2O3/c1-14(21(2)12-13-22)19(24)20-17-11-7-6-10-16(17)18(23)15-8-4-3-5-9-15/h3-11,14,22H,12-13H2,1-2H3,(H,20,24). The lowest BCUT2D eigenvalue weighted by Gasteiger charge is -2.23. The Labute approximate surface area is 141 Å². The molecular formula is C19H22N2O3. The third-order valence-corrected chi connectivity index (χ3v) is 3.96. The van der Waals surface area contributed by atoms with Crippen LogP contribution in [0.1, 0.15) is 22.8 Å². The Balaban J connectivity index is 2.20. The van der Waals surface area contributed by atoms with Gasteiger partial charge in [-0.15, -0.1) is 0 Å². The predicted octanol–water partition coefficient (Wildman–Crippen LogP) is 2.17. The van der Waals surface area contributed by atoms with Crippen LogP contribution < -0.4 is 5.32 Å². The number of ketones is 1. The molecule has 1 atom stereocenters. The Morgan fingerprint density at radius 2 is 1.71 bits per heavy atom. The molecule has 126 valence electrons. The van der Waals surface area contributed by atoms with Crippen LogP contribution in [-0.4, -0.2) is 47.9 Å². The summed E-state index contributed by atoms with van der Waals surface area (Å²) in [6.07, 6.45) is 0. The summed E-state index contributed by atoms with van der Waals surface area (Å²) in [5, 5.41) is 11.8. The van der Waals surface area contributed by atoms with Gasteiger partial charge in [0, 0.05) is 17.7 Å². The number of amides is 1. The summed E-state index contributed by atoms with van der Waals surface area (Å²) in [5.41, 5.74) is 1.51. The van der Waals surface area contributed by atoms with Gasteiger partial charge in [-0.05, 0) is 26.1 Å². The van der Waals surface area contributed by atoms with Crippen LogP contribution in [0.2, 0.25) is 0 Å². The molecule has 0 aliphatic heterocycles. The number of nitrogens with one attached hydrogen (secondary N) is 1. The summed E-state index contributed by atoms with van der Waals surface area (Å²) in [5.74, 6) is -0.359. The van der Waals surface area contributed by atoms with Gasteiger partial charge in [0.2, 0.25) is 5.91 Å². The van der Waals surface area contributed by atoms with E-state index < -0.39 is 6.04 Å². The number of rotatable bonds is 7. The topological polar surface area (TPSA) is 69.6 Å². The number of likely N-dealkylation sites (N-methyl/N-ethyl adjacent to an activating group) is 1. The molecule has 0 bridgehead atoms. The van der Waals surface area contributed by atoms with Gasteiger partial charge in [0.1, 0.15) is 0 Å². The fourth-order valence-corrected chi connectivity index (χ4v) is 2.32. The molecule has 0 aromatic heterocycles. The Kier molecular flexibility index (Phi) is 6.23. The molecule has 5 heteroatoms. The molecule has 2 N–H and O–H groups in total. The minimum absolute atomic E-state index is 0.0167. The minimum atomic E-state index is -0.419. The third-order valence-electron chi connectivity index (χ3n) is 3.96. The monoisotopic (exact) mass is 326 g/mol. The van der Waals surface area contributed by atoms with Gasteiger partial charge in [0.15, 0.2) is 5.78 Å². The quantitative estimate of drug-likeness (QED) is 0.765. The number of nitrogens with zero attached hydrogens (tertiary/aromatic N) is 1. The molecule has 0 saturated carbocycles. The highest BCUT2D eigenvalue weighted by molar-refractivity contribution is 6.14. The zero-order valence-electron chi connectivity index (χ0n) is 13.9. The van der Waals surface area contributed by atoms with Crippen LogP contribution in [0.4, 0.5) is 5.69 Å². The largest absolute Gasteiger partial charge is 0.395 e. The SMILES string of the molecule is CC(C(=O)Nc1ccccc1C(=O)c1ccccc1)N(C)CCO. The van der Waals surface area contributed by atoms with E-state index in [0.717, 1.165) is 0 Å². The number of carbonyl (C=O) groups excluding carboxylic acids is 2. The Morgan fingerprint density at radius 3 is 2.38 bits per heavy atom. The second kappa shape index (κ2) is 8.38. The van der Waals surface area contributed by atoms with E-state index in [-0.39, 0.29) is 18.3 Å². The molecule has 0 saturated heterocycles. The van der Waals surface area contributed by atoms with Crippen LogP contribution in [0.3, 0.4) is 0 Å². The molecule has 0 aliphatic carbocycles. The van der Waals surface area contributed by atoms with Crippen LogP contribution in [-0.2, 0) is 4.79 Å². The van der Waals surface area contributed by atoms with Gasteiger partial charge >= 0.3 is 0 Å². The van der Waals surface area contributed by atoms with Crippen molar-refractivity contribution in [2.75, 3.05) is 25.5 Å². The Hall–Kier alpha value is -2.50. The summed E-state index contributed by atoms with van der Waals surface area (Å²) in [6, 6.07) is 15.5. The summed E-state index contributed by atoms with van der Waals surface area (Å²) < 4.78 is 0. The van der Waals surface area contributed by atoms with Crippen molar-refractivity contribution >= 4 is 17.4 Å². The van der Waals surface area contributed by atoms with Crippen LogP contribution in [0.15, 0.2) is 54.6 Å². The zero-order chi connectivity index (χ0) is 17.5. The van der Waals surface area contributed by atoms with Crippen molar-refractivity contribution in [1.82, 2.24) is 4.90 Å². The van der Waals surface area contributed by atoms with E-state index in [1.807, 2.05) is 6.07 Å². The fraction of sp³-hybridized carbons (Fsp3) is 0.263. The number of carbonyl (C=O) groups is 2. The van der Waals surface area contributed by atoms with E-state index in [9.17, 15) is 9.59 Å². The predicted molar refractivity (Wildman–Crippen MR) is 94.1 cm³/mol. The van der Waals surface area contributed by atoms with E-state index in [4.69, 9.17) is 5.11 Å². The maximum atomic E-state index is 12.7. The molecule has 0 aliphatic rings. The van der Waals surface area contributed by atoms with Crippen molar-refractivity contribution in [2.24, 2.45) is 0 Å². The van der Waals surface area contributed by atoms with Crippen molar-refractivity contribution in [3.05, 3.63) is 65.7 Å². The highest BCUT2D eigenvalue weighted by Gasteiger charge is 2.20. The van der Waals surface area contributed by atoms with Gasteiger partial charge in [0.05, 0.1) is 18.3 Å². The van der Waals surface area contributed by atoms with Gasteiger partial charge < -0.3 is 10.4 Å². The Morgan fingerprint density at radius 1 is 1.08 bits per heavy atom. The van der Waals surface area contributed by atoms with Crippen molar-refractivity contribution in [3.8, 4) is 0 Å². The average molecular weight is 326 g/mol. The van der Waals surface area contributed by atoms with Gasteiger partial charge in [-0.1, -0.05) is 42.5 Å². The van der Waals surface area contributed by atoms with Gasteiger partial charge in [-0.3, -0.25) is 14.5 Å². The smallest absolute Gasteiger partial charge is 0.241 e. The first-order valence-corrected chi connectivity index (χ1v) is 7.85. The van der Waals surface area contributed by atoms with E-state index in [2.05, 4.69) is 5.32 Å². The summed E-state index contributed by atoms with van der Waals surface area (Å²) in [7, 11) is 1.77. The second-order valence-corrected chi connectivity index (χ2v) is 5.61. The first kappa shape index (κ1) is 17.8. The van der Waals surface area contributed by atoms with Gasteiger partial charge in [-0.25, -0.2) is 0 Å². The number of anilines is 1. The number of benzene rings is 2. The second-order valence-electron chi connectivity index (χ2n) is 5.61. The van der Waals surface area contributed by atoms with Crippen LogP contribution >= 0.6 is 0 Å². The van der Waals surface area contributed by atoms with Crippen LogP contribution in [0.25, 0.3) is 0 Å². The fourth-order valence-electron chi connectivity index (χ4n) is 2.32. The number of para-hydroxylation sites is 1. The normalized spacial score (nSPS) is 12.0. The lowest BCUT2D eigenvalue weighted by Crippen LogP contribution is -2.41. The van der Waals surface area contributed by atoms with Crippen LogP contribution in [0.5, 0.6) is 0 Å². The minimum Gasteiger partial charge on any atom is -0.395 e. The lowest BCUT2D eigenvalue weighted by atomic mass is 10.0. The van der Waals surface area contributed by atoms with E-state index >= 15 is 0 Å². The maximum Gasteiger partial charge on any atom is 0.241 e. The zero-order valence-corrected chi connectivity index (χ0v) is 13.9. The number of aliphatic hydroxyl groups is 1. The maximum absolute atomic E-state index is 12.7.